The van der Waals surface area contributed by atoms with E-state index in [2.05, 4.69) is 15.9 Å². The van der Waals surface area contributed by atoms with Crippen LogP contribution in [0.5, 0.6) is 0 Å². The molecule has 0 spiro atoms. The molecule has 1 aromatic rings. The highest BCUT2D eigenvalue weighted by molar-refractivity contribution is 9.10. The first-order chi connectivity index (χ1) is 6.66. The lowest BCUT2D eigenvalue weighted by Gasteiger charge is -2.01. The van der Waals surface area contributed by atoms with Crippen LogP contribution in [-0.4, -0.2) is 5.88 Å². The maximum atomic E-state index is 13.4. The van der Waals surface area contributed by atoms with Crippen molar-refractivity contribution in [3.63, 3.8) is 0 Å². The van der Waals surface area contributed by atoms with Crippen molar-refractivity contribution in [2.45, 2.75) is 6.42 Å². The number of benzene rings is 1. The topological polar surface area (TPSA) is 0 Å². The maximum absolute atomic E-state index is 13.4. The fourth-order valence-electron chi connectivity index (χ4n) is 0.943. The number of hydrogen-bond donors (Lipinski definition) is 0. The first kappa shape index (κ1) is 12.0. The molecule has 0 bridgehead atoms. The van der Waals surface area contributed by atoms with Gasteiger partial charge in [-0.1, -0.05) is 29.8 Å². The lowest BCUT2D eigenvalue weighted by Crippen LogP contribution is -1.84. The minimum atomic E-state index is -0.410. The van der Waals surface area contributed by atoms with Crippen LogP contribution in [0.1, 0.15) is 12.0 Å². The molecule has 0 aliphatic heterocycles. The van der Waals surface area contributed by atoms with Crippen molar-refractivity contribution in [1.29, 1.82) is 0 Å². The Morgan fingerprint density at radius 3 is 2.79 bits per heavy atom. The molecule has 0 aliphatic rings. The van der Waals surface area contributed by atoms with E-state index >= 15 is 0 Å². The molecule has 0 saturated carbocycles. The smallest absolute Gasteiger partial charge is 0.150 e. The molecule has 0 fully saturated rings. The van der Waals surface area contributed by atoms with Gasteiger partial charge in [0.2, 0.25) is 0 Å². The van der Waals surface area contributed by atoms with Gasteiger partial charge >= 0.3 is 0 Å². The van der Waals surface area contributed by atoms with Crippen LogP contribution in [0.4, 0.5) is 4.39 Å². The molecule has 4 heteroatoms. The van der Waals surface area contributed by atoms with E-state index in [0.29, 0.717) is 22.3 Å². The Bertz CT molecular complexity index is 350. The van der Waals surface area contributed by atoms with Crippen molar-refractivity contribution < 1.29 is 4.39 Å². The fraction of sp³-hybridized carbons (Fsp3) is 0.200. The molecule has 0 atom stereocenters. The van der Waals surface area contributed by atoms with Gasteiger partial charge < -0.3 is 0 Å². The summed E-state index contributed by atoms with van der Waals surface area (Å²) in [6.45, 7) is 0. The highest BCUT2D eigenvalue weighted by Crippen LogP contribution is 2.28. The second-order valence-electron chi connectivity index (χ2n) is 2.64. The summed E-state index contributed by atoms with van der Waals surface area (Å²) in [6, 6.07) is 3.38. The molecule has 76 valence electrons. The Morgan fingerprint density at radius 2 is 2.14 bits per heavy atom. The predicted molar refractivity (Wildman–Crippen MR) is 63.5 cm³/mol. The van der Waals surface area contributed by atoms with Gasteiger partial charge in [-0.05, 0) is 28.4 Å². The normalized spacial score (nSPS) is 11.1. The van der Waals surface area contributed by atoms with Gasteiger partial charge in [0.15, 0.2) is 0 Å². The summed E-state index contributed by atoms with van der Waals surface area (Å²) >= 11 is 14.3. The van der Waals surface area contributed by atoms with Crippen molar-refractivity contribution in [3.05, 3.63) is 39.1 Å². The standard InChI is InChI=1S/C10H8BrCl2F/c11-8-5-4-7(3-1-2-6-12)10(14)9(8)13/h1,3-5H,2,6H2/b3-1+. The van der Waals surface area contributed by atoms with E-state index in [-0.39, 0.29) is 5.02 Å². The molecule has 1 rings (SSSR count). The highest BCUT2D eigenvalue weighted by atomic mass is 79.9. The molecule has 0 radical (unpaired) electrons. The molecule has 0 unspecified atom stereocenters. The largest absolute Gasteiger partial charge is 0.205 e. The first-order valence-corrected chi connectivity index (χ1v) is 5.73. The summed E-state index contributed by atoms with van der Waals surface area (Å²) in [7, 11) is 0. The highest BCUT2D eigenvalue weighted by Gasteiger charge is 2.07. The number of allylic oxidation sites excluding steroid dienone is 1. The van der Waals surface area contributed by atoms with E-state index in [9.17, 15) is 4.39 Å². The second kappa shape index (κ2) is 5.74. The first-order valence-electron chi connectivity index (χ1n) is 4.03. The zero-order valence-corrected chi connectivity index (χ0v) is 10.3. The molecule has 1 aromatic carbocycles. The Balaban J connectivity index is 2.94. The van der Waals surface area contributed by atoms with Crippen molar-refractivity contribution in [2.24, 2.45) is 0 Å². The number of alkyl halides is 1. The Morgan fingerprint density at radius 1 is 1.43 bits per heavy atom. The zero-order valence-electron chi connectivity index (χ0n) is 7.24. The quantitative estimate of drug-likeness (QED) is 0.551. The Kier molecular flexibility index (Phi) is 4.93. The van der Waals surface area contributed by atoms with E-state index in [1.165, 1.54) is 0 Å². The molecule has 14 heavy (non-hydrogen) atoms. The number of rotatable bonds is 3. The molecule has 0 heterocycles. The summed E-state index contributed by atoms with van der Waals surface area (Å²) in [5.74, 6) is 0.120. The van der Waals surface area contributed by atoms with Gasteiger partial charge in [-0.15, -0.1) is 11.6 Å². The second-order valence-corrected chi connectivity index (χ2v) is 4.25. The third-order valence-corrected chi connectivity index (χ3v) is 3.12. The number of hydrogen-bond acceptors (Lipinski definition) is 0. The maximum Gasteiger partial charge on any atom is 0.150 e. The summed E-state index contributed by atoms with van der Waals surface area (Å²) in [6.07, 6.45) is 4.21. The van der Waals surface area contributed by atoms with Gasteiger partial charge in [0.1, 0.15) is 5.82 Å². The van der Waals surface area contributed by atoms with Crippen LogP contribution in [0, 0.1) is 5.82 Å². The van der Waals surface area contributed by atoms with E-state index in [1.807, 2.05) is 6.08 Å². The van der Waals surface area contributed by atoms with Crippen molar-refractivity contribution in [2.75, 3.05) is 5.88 Å². The molecular weight excluding hydrogens is 290 g/mol. The molecule has 0 N–H and O–H groups in total. The van der Waals surface area contributed by atoms with Gasteiger partial charge in [0, 0.05) is 15.9 Å². The molecule has 0 nitrogen and oxygen atoms in total. The lowest BCUT2D eigenvalue weighted by atomic mass is 10.2. The lowest BCUT2D eigenvalue weighted by molar-refractivity contribution is 0.624. The van der Waals surface area contributed by atoms with Crippen molar-refractivity contribution >= 4 is 45.2 Å². The zero-order chi connectivity index (χ0) is 10.6. The average molecular weight is 298 g/mol. The average Bonchev–Trinajstić information content (AvgIpc) is 2.18. The minimum absolute atomic E-state index is 0.109. The SMILES string of the molecule is Fc1c(/C=C/CCCl)ccc(Br)c1Cl. The minimum Gasteiger partial charge on any atom is -0.205 e. The van der Waals surface area contributed by atoms with E-state index in [0.717, 1.165) is 0 Å². The summed E-state index contributed by atoms with van der Waals surface area (Å²) in [4.78, 5) is 0. The summed E-state index contributed by atoms with van der Waals surface area (Å²) < 4.78 is 14.0. The molecule has 0 aromatic heterocycles. The van der Waals surface area contributed by atoms with Crippen LogP contribution in [0.25, 0.3) is 6.08 Å². The van der Waals surface area contributed by atoms with E-state index in [4.69, 9.17) is 23.2 Å². The van der Waals surface area contributed by atoms with E-state index < -0.39 is 5.82 Å². The van der Waals surface area contributed by atoms with Crippen LogP contribution in [0.15, 0.2) is 22.7 Å². The van der Waals surface area contributed by atoms with Crippen LogP contribution in [0.3, 0.4) is 0 Å². The summed E-state index contributed by atoms with van der Waals surface area (Å²) in [5.41, 5.74) is 0.475. The number of halogens is 4. The molecular formula is C10H8BrCl2F. The fourth-order valence-corrected chi connectivity index (χ4v) is 1.55. The van der Waals surface area contributed by atoms with Gasteiger partial charge in [-0.25, -0.2) is 4.39 Å². The van der Waals surface area contributed by atoms with E-state index in [1.54, 1.807) is 18.2 Å². The molecule has 0 aliphatic carbocycles. The molecule has 0 saturated heterocycles. The predicted octanol–water partition coefficient (Wildman–Crippen LogP) is 4.88. The van der Waals surface area contributed by atoms with Crippen LogP contribution >= 0.6 is 39.1 Å². The van der Waals surface area contributed by atoms with Crippen molar-refractivity contribution in [3.8, 4) is 0 Å². The van der Waals surface area contributed by atoms with Gasteiger partial charge in [0.25, 0.3) is 0 Å². The van der Waals surface area contributed by atoms with Crippen LogP contribution in [0.2, 0.25) is 5.02 Å². The Hall–Kier alpha value is -0.0500. The molecule has 0 amide bonds. The Labute approximate surface area is 101 Å². The summed E-state index contributed by atoms with van der Waals surface area (Å²) in [5, 5.41) is 0.109. The van der Waals surface area contributed by atoms with Crippen molar-refractivity contribution in [1.82, 2.24) is 0 Å². The monoisotopic (exact) mass is 296 g/mol. The van der Waals surface area contributed by atoms with Gasteiger partial charge in [0.05, 0.1) is 5.02 Å². The van der Waals surface area contributed by atoms with Crippen LogP contribution in [-0.2, 0) is 0 Å². The third kappa shape index (κ3) is 2.97. The van der Waals surface area contributed by atoms with Gasteiger partial charge in [-0.2, -0.15) is 0 Å². The van der Waals surface area contributed by atoms with Crippen LogP contribution < -0.4 is 0 Å². The third-order valence-electron chi connectivity index (χ3n) is 1.64. The van der Waals surface area contributed by atoms with Gasteiger partial charge in [-0.3, -0.25) is 0 Å².